The lowest BCUT2D eigenvalue weighted by molar-refractivity contribution is 0.552. The molecule has 1 aromatic rings. The van der Waals surface area contributed by atoms with Crippen LogP contribution in [0.15, 0.2) is 29.2 Å². The molecule has 0 spiro atoms. The highest BCUT2D eigenvalue weighted by atomic mass is 32.3. The average molecular weight is 227 g/mol. The summed E-state index contributed by atoms with van der Waals surface area (Å²) >= 11 is 0. The lowest BCUT2D eigenvalue weighted by Crippen LogP contribution is -2.13. The highest BCUT2D eigenvalue weighted by Gasteiger charge is 2.20. The number of nitriles is 1. The van der Waals surface area contributed by atoms with E-state index in [9.17, 15) is 12.3 Å². The van der Waals surface area contributed by atoms with Crippen LogP contribution in [0.1, 0.15) is 19.4 Å². The van der Waals surface area contributed by atoms with Gasteiger partial charge in [-0.15, -0.1) is 3.89 Å². The molecule has 0 amide bonds. The summed E-state index contributed by atoms with van der Waals surface area (Å²) in [6, 6.07) is 7.27. The molecule has 0 radical (unpaired) electrons. The monoisotopic (exact) mass is 227 g/mol. The van der Waals surface area contributed by atoms with Crippen molar-refractivity contribution in [3.8, 4) is 6.07 Å². The molecule has 0 aliphatic carbocycles. The Bertz CT molecular complexity index is 497. The molecular formula is C10H10FNO2S. The van der Waals surface area contributed by atoms with E-state index in [1.165, 1.54) is 12.1 Å². The Morgan fingerprint density at radius 1 is 1.27 bits per heavy atom. The van der Waals surface area contributed by atoms with Gasteiger partial charge in [0, 0.05) is 0 Å². The summed E-state index contributed by atoms with van der Waals surface area (Å²) in [5, 5.41) is 8.83. The summed E-state index contributed by atoms with van der Waals surface area (Å²) < 4.78 is 33.6. The van der Waals surface area contributed by atoms with Crippen LogP contribution in [0.2, 0.25) is 0 Å². The second kappa shape index (κ2) is 3.63. The number of nitrogens with zero attached hydrogens (tertiary/aromatic N) is 1. The van der Waals surface area contributed by atoms with Crippen molar-refractivity contribution in [1.29, 1.82) is 5.26 Å². The fourth-order valence-electron chi connectivity index (χ4n) is 1.10. The maximum Gasteiger partial charge on any atom is 0.332 e. The molecule has 1 aromatic carbocycles. The molecule has 0 fully saturated rings. The first-order chi connectivity index (χ1) is 6.77. The molecule has 1 rings (SSSR count). The van der Waals surface area contributed by atoms with E-state index in [1.54, 1.807) is 13.8 Å². The third-order valence-corrected chi connectivity index (χ3v) is 2.97. The molecule has 80 valence electrons. The van der Waals surface area contributed by atoms with Gasteiger partial charge in [0.1, 0.15) is 0 Å². The molecule has 0 saturated heterocycles. The molecule has 0 aliphatic heterocycles. The minimum atomic E-state index is -4.65. The third kappa shape index (κ3) is 2.54. The second-order valence-corrected chi connectivity index (χ2v) is 5.05. The van der Waals surface area contributed by atoms with Gasteiger partial charge in [0.05, 0.1) is 16.4 Å². The third-order valence-electron chi connectivity index (χ3n) is 2.14. The predicted molar refractivity (Wildman–Crippen MR) is 53.4 cm³/mol. The number of halogens is 1. The van der Waals surface area contributed by atoms with E-state index in [0.717, 1.165) is 12.1 Å². The Morgan fingerprint density at radius 2 is 1.73 bits per heavy atom. The molecule has 0 N–H and O–H groups in total. The summed E-state index contributed by atoms with van der Waals surface area (Å²) in [5.74, 6) is 0. The Hall–Kier alpha value is -1.41. The molecule has 15 heavy (non-hydrogen) atoms. The quantitative estimate of drug-likeness (QED) is 0.727. The second-order valence-electron chi connectivity index (χ2n) is 3.70. The molecule has 0 unspecified atom stereocenters. The summed E-state index contributed by atoms with van der Waals surface area (Å²) in [6.07, 6.45) is 0. The molecule has 3 nitrogen and oxygen atoms in total. The molecule has 0 atom stereocenters. The van der Waals surface area contributed by atoms with E-state index in [1.807, 2.05) is 0 Å². The van der Waals surface area contributed by atoms with Crippen molar-refractivity contribution in [2.45, 2.75) is 24.2 Å². The van der Waals surface area contributed by atoms with Crippen LogP contribution in [0.4, 0.5) is 3.89 Å². The molecule has 0 heterocycles. The number of benzene rings is 1. The predicted octanol–water partition coefficient (Wildman–Crippen LogP) is 2.15. The van der Waals surface area contributed by atoms with Crippen LogP contribution in [0.3, 0.4) is 0 Å². The molecule has 0 aliphatic rings. The highest BCUT2D eigenvalue weighted by Crippen LogP contribution is 2.23. The van der Waals surface area contributed by atoms with Crippen molar-refractivity contribution in [2.75, 3.05) is 0 Å². The smallest absolute Gasteiger partial charge is 0.197 e. The van der Waals surface area contributed by atoms with Gasteiger partial charge in [-0.05, 0) is 31.5 Å². The van der Waals surface area contributed by atoms with Gasteiger partial charge in [-0.3, -0.25) is 0 Å². The zero-order valence-electron chi connectivity index (χ0n) is 8.36. The van der Waals surface area contributed by atoms with E-state index in [0.29, 0.717) is 5.56 Å². The van der Waals surface area contributed by atoms with Crippen LogP contribution in [0.25, 0.3) is 0 Å². The maximum absolute atomic E-state index is 12.5. The summed E-state index contributed by atoms with van der Waals surface area (Å²) in [7, 11) is -4.65. The lowest BCUT2D eigenvalue weighted by Gasteiger charge is -2.15. The largest absolute Gasteiger partial charge is 0.332 e. The average Bonchev–Trinajstić information content (AvgIpc) is 2.17. The van der Waals surface area contributed by atoms with Crippen LogP contribution in [0, 0.1) is 11.3 Å². The van der Waals surface area contributed by atoms with E-state index < -0.39 is 15.6 Å². The zero-order valence-corrected chi connectivity index (χ0v) is 9.18. The Labute approximate surface area is 88.4 Å². The first-order valence-electron chi connectivity index (χ1n) is 4.24. The standard InChI is InChI=1S/C10H10FNO2S/c1-10(2,7-12)8-3-5-9(6-4-8)15(11,13)14/h3-6H,1-2H3. The van der Waals surface area contributed by atoms with Gasteiger partial charge in [0.25, 0.3) is 0 Å². The highest BCUT2D eigenvalue weighted by molar-refractivity contribution is 7.86. The Kier molecular flexibility index (Phi) is 2.82. The van der Waals surface area contributed by atoms with Gasteiger partial charge >= 0.3 is 10.2 Å². The van der Waals surface area contributed by atoms with Crippen molar-refractivity contribution < 1.29 is 12.3 Å². The van der Waals surface area contributed by atoms with Gasteiger partial charge in [-0.2, -0.15) is 13.7 Å². The topological polar surface area (TPSA) is 57.9 Å². The molecule has 0 saturated carbocycles. The zero-order chi connectivity index (χ0) is 11.7. The first kappa shape index (κ1) is 11.7. The van der Waals surface area contributed by atoms with Crippen LogP contribution in [-0.4, -0.2) is 8.42 Å². The van der Waals surface area contributed by atoms with Gasteiger partial charge in [-0.25, -0.2) is 0 Å². The van der Waals surface area contributed by atoms with Crippen LogP contribution in [0.5, 0.6) is 0 Å². The lowest BCUT2D eigenvalue weighted by atomic mass is 9.87. The maximum atomic E-state index is 12.5. The van der Waals surface area contributed by atoms with Gasteiger partial charge < -0.3 is 0 Å². The molecule has 5 heteroatoms. The van der Waals surface area contributed by atoms with Gasteiger partial charge in [-0.1, -0.05) is 12.1 Å². The van der Waals surface area contributed by atoms with E-state index in [4.69, 9.17) is 5.26 Å². The fourth-order valence-corrected chi connectivity index (χ4v) is 1.56. The first-order valence-corrected chi connectivity index (χ1v) is 5.62. The minimum absolute atomic E-state index is 0.389. The fraction of sp³-hybridized carbons (Fsp3) is 0.300. The van der Waals surface area contributed by atoms with E-state index in [2.05, 4.69) is 6.07 Å². The van der Waals surface area contributed by atoms with Gasteiger partial charge in [0.2, 0.25) is 0 Å². The number of rotatable bonds is 2. The van der Waals surface area contributed by atoms with E-state index >= 15 is 0 Å². The Balaban J connectivity index is 3.19. The van der Waals surface area contributed by atoms with Crippen LogP contribution < -0.4 is 0 Å². The van der Waals surface area contributed by atoms with Crippen molar-refractivity contribution in [2.24, 2.45) is 0 Å². The van der Waals surface area contributed by atoms with E-state index in [-0.39, 0.29) is 4.90 Å². The molecule has 0 aromatic heterocycles. The molecule has 0 bridgehead atoms. The summed E-state index contributed by atoms with van der Waals surface area (Å²) in [6.45, 7) is 3.40. The summed E-state index contributed by atoms with van der Waals surface area (Å²) in [4.78, 5) is -0.389. The summed E-state index contributed by atoms with van der Waals surface area (Å²) in [5.41, 5.74) is -0.0593. The van der Waals surface area contributed by atoms with Crippen molar-refractivity contribution in [3.63, 3.8) is 0 Å². The number of hydrogen-bond donors (Lipinski definition) is 0. The van der Waals surface area contributed by atoms with Crippen molar-refractivity contribution in [1.82, 2.24) is 0 Å². The van der Waals surface area contributed by atoms with Crippen LogP contribution >= 0.6 is 0 Å². The van der Waals surface area contributed by atoms with Crippen LogP contribution in [-0.2, 0) is 15.6 Å². The molecular weight excluding hydrogens is 217 g/mol. The normalized spacial score (nSPS) is 12.1. The van der Waals surface area contributed by atoms with Crippen molar-refractivity contribution >= 4 is 10.2 Å². The SMILES string of the molecule is CC(C)(C#N)c1ccc(S(=O)(=O)F)cc1. The van der Waals surface area contributed by atoms with Crippen molar-refractivity contribution in [3.05, 3.63) is 29.8 Å². The van der Waals surface area contributed by atoms with Gasteiger partial charge in [0.15, 0.2) is 0 Å². The minimum Gasteiger partial charge on any atom is -0.197 e. The Morgan fingerprint density at radius 3 is 2.07 bits per heavy atom. The number of hydrogen-bond acceptors (Lipinski definition) is 3.